The van der Waals surface area contributed by atoms with Gasteiger partial charge in [-0.05, 0) is 63.3 Å². The highest BCUT2D eigenvalue weighted by Crippen LogP contribution is 2.32. The summed E-state index contributed by atoms with van der Waals surface area (Å²) in [6.07, 6.45) is 1.41. The number of rotatable bonds is 9. The van der Waals surface area contributed by atoms with Crippen LogP contribution in [0, 0.1) is 10.1 Å². The smallest absolute Gasteiger partial charge is 0.338 e. The highest BCUT2D eigenvalue weighted by molar-refractivity contribution is 5.99. The number of unbranched alkanes of at least 4 members (excludes halogenated alkanes) is 1. The highest BCUT2D eigenvalue weighted by atomic mass is 16.6. The van der Waals surface area contributed by atoms with Gasteiger partial charge < -0.3 is 14.7 Å². The zero-order valence-electron chi connectivity index (χ0n) is 22.4. The summed E-state index contributed by atoms with van der Waals surface area (Å²) in [5.41, 5.74) is 1.90. The normalized spacial score (nSPS) is 17.0. The summed E-state index contributed by atoms with van der Waals surface area (Å²) in [6, 6.07) is 11.0. The van der Waals surface area contributed by atoms with E-state index >= 15 is 0 Å². The van der Waals surface area contributed by atoms with Gasteiger partial charge >= 0.3 is 5.97 Å². The van der Waals surface area contributed by atoms with Gasteiger partial charge in [0.05, 0.1) is 5.56 Å². The number of nitro groups is 1. The summed E-state index contributed by atoms with van der Waals surface area (Å²) >= 11 is 0. The van der Waals surface area contributed by atoms with Gasteiger partial charge in [0.2, 0.25) is 6.04 Å². The van der Waals surface area contributed by atoms with E-state index < -0.39 is 28.6 Å². The molecule has 200 valence electrons. The van der Waals surface area contributed by atoms with Crippen molar-refractivity contribution in [2.75, 3.05) is 0 Å². The van der Waals surface area contributed by atoms with E-state index in [0.717, 1.165) is 18.4 Å². The van der Waals surface area contributed by atoms with Crippen LogP contribution in [0.5, 0.6) is 0 Å². The first-order chi connectivity index (χ1) is 17.5. The van der Waals surface area contributed by atoms with E-state index in [1.807, 2.05) is 32.0 Å². The van der Waals surface area contributed by atoms with Gasteiger partial charge in [0, 0.05) is 35.1 Å². The maximum absolute atomic E-state index is 14.1. The van der Waals surface area contributed by atoms with Gasteiger partial charge in [0.1, 0.15) is 11.7 Å². The molecule has 1 aliphatic heterocycles. The third-order valence-electron chi connectivity index (χ3n) is 6.81. The molecule has 0 aliphatic carbocycles. The summed E-state index contributed by atoms with van der Waals surface area (Å²) in [6.45, 7) is 9.57. The molecule has 2 aromatic rings. The average Bonchev–Trinajstić information content (AvgIpc) is 2.85. The number of aliphatic hydroxyl groups excluding tert-OH is 1. The molecule has 1 aliphatic rings. The van der Waals surface area contributed by atoms with E-state index in [0.29, 0.717) is 19.4 Å². The molecule has 2 unspecified atom stereocenters. The predicted octanol–water partition coefficient (Wildman–Crippen LogP) is 5.49. The van der Waals surface area contributed by atoms with Crippen LogP contribution in [0.15, 0.2) is 42.5 Å². The van der Waals surface area contributed by atoms with Gasteiger partial charge in [-0.3, -0.25) is 14.9 Å². The van der Waals surface area contributed by atoms with Crippen molar-refractivity contribution in [3.05, 3.63) is 80.4 Å². The topological polar surface area (TPSA) is 110 Å². The van der Waals surface area contributed by atoms with Crippen LogP contribution in [0.3, 0.4) is 0 Å². The fraction of sp³-hybridized carbons (Fsp3) is 0.517. The van der Waals surface area contributed by atoms with Crippen molar-refractivity contribution in [1.29, 1.82) is 0 Å². The number of ether oxygens (including phenoxy) is 1. The van der Waals surface area contributed by atoms with E-state index in [1.54, 1.807) is 25.7 Å². The summed E-state index contributed by atoms with van der Waals surface area (Å²) in [7, 11) is 0. The van der Waals surface area contributed by atoms with Crippen LogP contribution in [0.1, 0.15) is 104 Å². The predicted molar refractivity (Wildman–Crippen MR) is 141 cm³/mol. The van der Waals surface area contributed by atoms with E-state index in [-0.39, 0.29) is 35.1 Å². The number of benzene rings is 2. The monoisotopic (exact) mass is 510 g/mol. The van der Waals surface area contributed by atoms with Crippen molar-refractivity contribution >= 4 is 11.9 Å². The molecule has 8 nitrogen and oxygen atoms in total. The number of hydrogen-bond acceptors (Lipinski definition) is 6. The Morgan fingerprint density at radius 1 is 1.16 bits per heavy atom. The van der Waals surface area contributed by atoms with Gasteiger partial charge in [0.15, 0.2) is 0 Å². The minimum absolute atomic E-state index is 0.0796. The number of hydrogen-bond donors (Lipinski definition) is 1. The van der Waals surface area contributed by atoms with Crippen LogP contribution >= 0.6 is 0 Å². The molecular weight excluding hydrogens is 472 g/mol. The van der Waals surface area contributed by atoms with Crippen LogP contribution < -0.4 is 0 Å². The van der Waals surface area contributed by atoms with E-state index in [1.165, 1.54) is 23.8 Å². The molecule has 1 heterocycles. The van der Waals surface area contributed by atoms with Crippen molar-refractivity contribution in [2.45, 2.75) is 97.1 Å². The molecule has 0 fully saturated rings. The number of carbonyl (C=O) groups is 2. The average molecular weight is 511 g/mol. The second kappa shape index (κ2) is 11.9. The van der Waals surface area contributed by atoms with Crippen molar-refractivity contribution in [3.8, 4) is 0 Å². The first-order valence-electron chi connectivity index (χ1n) is 13.0. The van der Waals surface area contributed by atoms with Crippen molar-refractivity contribution < 1.29 is 24.4 Å². The molecule has 0 saturated carbocycles. The third-order valence-corrected chi connectivity index (χ3v) is 6.81. The number of esters is 1. The Hall–Kier alpha value is -3.26. The Bertz CT molecular complexity index is 1140. The molecule has 3 rings (SSSR count). The number of amides is 1. The number of fused-ring (bicyclic) bond motifs is 1. The molecule has 0 saturated heterocycles. The van der Waals surface area contributed by atoms with E-state index in [4.69, 9.17) is 4.74 Å². The number of carbonyl (C=O) groups excluding carboxylic acids is 2. The Morgan fingerprint density at radius 3 is 2.43 bits per heavy atom. The van der Waals surface area contributed by atoms with Gasteiger partial charge in [-0.25, -0.2) is 4.79 Å². The van der Waals surface area contributed by atoms with Gasteiger partial charge in [-0.1, -0.05) is 50.6 Å². The molecule has 2 aromatic carbocycles. The maximum Gasteiger partial charge on any atom is 0.338 e. The molecule has 0 bridgehead atoms. The lowest BCUT2D eigenvalue weighted by Crippen LogP contribution is -2.44. The molecule has 1 N–H and O–H groups in total. The molecule has 37 heavy (non-hydrogen) atoms. The minimum Gasteiger partial charge on any atom is -0.456 e. The maximum atomic E-state index is 14.1. The first kappa shape index (κ1) is 28.3. The molecule has 0 radical (unpaired) electrons. The zero-order chi connectivity index (χ0) is 27.3. The summed E-state index contributed by atoms with van der Waals surface area (Å²) < 4.78 is 5.50. The second-order valence-corrected chi connectivity index (χ2v) is 10.7. The molecule has 0 aromatic heterocycles. The largest absolute Gasteiger partial charge is 0.456 e. The van der Waals surface area contributed by atoms with Crippen LogP contribution in [0.2, 0.25) is 0 Å². The summed E-state index contributed by atoms with van der Waals surface area (Å²) in [5, 5.41) is 23.0. The Labute approximate surface area is 218 Å². The highest BCUT2D eigenvalue weighted by Gasteiger charge is 2.36. The Kier molecular flexibility index (Phi) is 9.07. The summed E-state index contributed by atoms with van der Waals surface area (Å²) in [5.74, 6) is -0.964. The van der Waals surface area contributed by atoms with Gasteiger partial charge in [0.25, 0.3) is 5.91 Å². The molecule has 8 heteroatoms. The molecule has 1 amide bonds. The van der Waals surface area contributed by atoms with E-state index in [2.05, 4.69) is 6.07 Å². The van der Waals surface area contributed by atoms with Crippen molar-refractivity contribution in [3.63, 3.8) is 0 Å². The fourth-order valence-corrected chi connectivity index (χ4v) is 4.81. The lowest BCUT2D eigenvalue weighted by molar-refractivity contribution is -0.537. The van der Waals surface area contributed by atoms with Crippen molar-refractivity contribution in [1.82, 2.24) is 4.90 Å². The molecular formula is C29H38N2O6. The Balaban J connectivity index is 2.08. The SMILES string of the molecule is CCCCC(C(O)c1ccc(C(=O)OC(C)(C)C)cc1C(=O)N1Cc2ccccc2C[C@H]1CC)[N+](=O)[O-]. The minimum atomic E-state index is -1.50. The standard InChI is InChI=1S/C29H38N2O6/c1-6-8-13-25(31(35)36)26(32)23-15-14-20(28(34)37-29(3,4)5)17-24(23)27(33)30-18-21-12-10-9-11-19(21)16-22(30)7-2/h9-12,14-15,17,22,25-26,32H,6-8,13,16,18H2,1-5H3/t22-,25?,26?/m1/s1. The lowest BCUT2D eigenvalue weighted by Gasteiger charge is -2.37. The van der Waals surface area contributed by atoms with Crippen LogP contribution in [-0.4, -0.2) is 44.5 Å². The first-order valence-corrected chi connectivity index (χ1v) is 13.0. The summed E-state index contributed by atoms with van der Waals surface area (Å²) in [4.78, 5) is 40.0. The second-order valence-electron chi connectivity index (χ2n) is 10.7. The number of nitrogens with zero attached hydrogens (tertiary/aromatic N) is 2. The van der Waals surface area contributed by atoms with E-state index in [9.17, 15) is 24.8 Å². The van der Waals surface area contributed by atoms with Crippen LogP contribution in [0.25, 0.3) is 0 Å². The van der Waals surface area contributed by atoms with Crippen LogP contribution in [0.4, 0.5) is 0 Å². The lowest BCUT2D eigenvalue weighted by atomic mass is 9.89. The Morgan fingerprint density at radius 2 is 1.84 bits per heavy atom. The van der Waals surface area contributed by atoms with Crippen LogP contribution in [-0.2, 0) is 17.7 Å². The fourth-order valence-electron chi connectivity index (χ4n) is 4.81. The quantitative estimate of drug-likeness (QED) is 0.271. The molecule has 3 atom stereocenters. The number of aliphatic hydroxyl groups is 1. The third kappa shape index (κ3) is 6.74. The van der Waals surface area contributed by atoms with Crippen molar-refractivity contribution in [2.24, 2.45) is 0 Å². The van der Waals surface area contributed by atoms with Gasteiger partial charge in [-0.15, -0.1) is 0 Å². The zero-order valence-corrected chi connectivity index (χ0v) is 22.4. The molecule has 0 spiro atoms. The van der Waals surface area contributed by atoms with Gasteiger partial charge in [-0.2, -0.15) is 0 Å².